The number of nitrogens with one attached hydrogen (secondary N) is 1. The van der Waals surface area contributed by atoms with E-state index in [1.165, 1.54) is 0 Å². The van der Waals surface area contributed by atoms with Gasteiger partial charge in [-0.1, -0.05) is 13.3 Å². The van der Waals surface area contributed by atoms with Crippen molar-refractivity contribution in [2.45, 2.75) is 32.8 Å². The molecule has 0 amide bonds. The van der Waals surface area contributed by atoms with E-state index in [-0.39, 0.29) is 11.9 Å². The largest absolute Gasteiger partial charge is 0.391 e. The van der Waals surface area contributed by atoms with E-state index >= 15 is 0 Å². The van der Waals surface area contributed by atoms with E-state index in [1.807, 2.05) is 19.1 Å². The molecule has 1 atom stereocenters. The van der Waals surface area contributed by atoms with E-state index in [0.717, 1.165) is 18.5 Å². The molecule has 1 aromatic carbocycles. The molecule has 0 radical (unpaired) electrons. The summed E-state index contributed by atoms with van der Waals surface area (Å²) in [5, 5.41) is 12.7. The lowest BCUT2D eigenvalue weighted by Gasteiger charge is -2.11. The number of Topliss-reactive ketones (excluding diaryl/α,β-unsaturated/α-hetero) is 1. The molecule has 0 saturated heterocycles. The van der Waals surface area contributed by atoms with Gasteiger partial charge in [-0.05, 0) is 37.6 Å². The second-order valence-corrected chi connectivity index (χ2v) is 3.96. The standard InChI is InChI=1S/C13H19NO2/c1-3-4-13(16)9-14-12-7-5-11(6-8-12)10(2)15/h5-8,13-14,16H,3-4,9H2,1-2H3. The fourth-order valence-corrected chi connectivity index (χ4v) is 1.49. The van der Waals surface area contributed by atoms with Gasteiger partial charge in [-0.15, -0.1) is 0 Å². The monoisotopic (exact) mass is 221 g/mol. The smallest absolute Gasteiger partial charge is 0.159 e. The fraction of sp³-hybridized carbons (Fsp3) is 0.462. The summed E-state index contributed by atoms with van der Waals surface area (Å²) in [7, 11) is 0. The third-order valence-electron chi connectivity index (χ3n) is 2.46. The number of hydrogen-bond acceptors (Lipinski definition) is 3. The maximum Gasteiger partial charge on any atom is 0.159 e. The average Bonchev–Trinajstić information content (AvgIpc) is 2.27. The van der Waals surface area contributed by atoms with E-state index in [0.29, 0.717) is 12.1 Å². The summed E-state index contributed by atoms with van der Waals surface area (Å²) in [6.45, 7) is 4.14. The summed E-state index contributed by atoms with van der Waals surface area (Å²) in [4.78, 5) is 11.0. The molecule has 1 aromatic rings. The number of carbonyl (C=O) groups is 1. The van der Waals surface area contributed by atoms with Crippen LogP contribution in [0, 0.1) is 0 Å². The quantitative estimate of drug-likeness (QED) is 0.725. The number of anilines is 1. The van der Waals surface area contributed by atoms with Crippen LogP contribution in [0.5, 0.6) is 0 Å². The first kappa shape index (κ1) is 12.7. The van der Waals surface area contributed by atoms with Gasteiger partial charge in [0.15, 0.2) is 5.78 Å². The highest BCUT2D eigenvalue weighted by Crippen LogP contribution is 2.10. The maximum atomic E-state index is 11.0. The number of ketones is 1. The van der Waals surface area contributed by atoms with Crippen LogP contribution in [-0.4, -0.2) is 23.5 Å². The normalized spacial score (nSPS) is 12.2. The minimum Gasteiger partial charge on any atom is -0.391 e. The second kappa shape index (κ2) is 6.28. The first-order valence-corrected chi connectivity index (χ1v) is 5.66. The molecule has 0 spiro atoms. The predicted octanol–water partition coefficient (Wildman–Crippen LogP) is 2.46. The van der Waals surface area contributed by atoms with Crippen LogP contribution in [0.4, 0.5) is 5.69 Å². The van der Waals surface area contributed by atoms with Crippen molar-refractivity contribution < 1.29 is 9.90 Å². The van der Waals surface area contributed by atoms with Gasteiger partial charge in [-0.25, -0.2) is 0 Å². The topological polar surface area (TPSA) is 49.3 Å². The minimum absolute atomic E-state index is 0.0672. The lowest BCUT2D eigenvalue weighted by atomic mass is 10.1. The van der Waals surface area contributed by atoms with Crippen LogP contribution in [0.25, 0.3) is 0 Å². The van der Waals surface area contributed by atoms with Crippen molar-refractivity contribution in [3.8, 4) is 0 Å². The van der Waals surface area contributed by atoms with Gasteiger partial charge in [-0.3, -0.25) is 4.79 Å². The van der Waals surface area contributed by atoms with Crippen molar-refractivity contribution >= 4 is 11.5 Å². The number of benzene rings is 1. The van der Waals surface area contributed by atoms with E-state index in [2.05, 4.69) is 5.32 Å². The molecule has 0 aromatic heterocycles. The molecule has 0 bridgehead atoms. The lowest BCUT2D eigenvalue weighted by molar-refractivity contribution is 0.101. The van der Waals surface area contributed by atoms with Gasteiger partial charge < -0.3 is 10.4 Å². The first-order chi connectivity index (χ1) is 7.63. The van der Waals surface area contributed by atoms with Crippen molar-refractivity contribution in [2.24, 2.45) is 0 Å². The molecular weight excluding hydrogens is 202 g/mol. The number of rotatable bonds is 6. The lowest BCUT2D eigenvalue weighted by Crippen LogP contribution is -2.18. The third kappa shape index (κ3) is 4.03. The molecule has 16 heavy (non-hydrogen) atoms. The third-order valence-corrected chi connectivity index (χ3v) is 2.46. The van der Waals surface area contributed by atoms with Crippen LogP contribution < -0.4 is 5.32 Å². The Morgan fingerprint density at radius 2 is 2.00 bits per heavy atom. The van der Waals surface area contributed by atoms with Crippen molar-refractivity contribution in [1.29, 1.82) is 0 Å². The molecule has 1 unspecified atom stereocenters. The molecule has 1 rings (SSSR count). The molecule has 88 valence electrons. The number of hydrogen-bond donors (Lipinski definition) is 2. The highest BCUT2D eigenvalue weighted by Gasteiger charge is 2.02. The van der Waals surface area contributed by atoms with Gasteiger partial charge >= 0.3 is 0 Å². The summed E-state index contributed by atoms with van der Waals surface area (Å²) in [5.41, 5.74) is 1.64. The summed E-state index contributed by atoms with van der Waals surface area (Å²) in [6.07, 6.45) is 1.47. The van der Waals surface area contributed by atoms with Crippen LogP contribution in [-0.2, 0) is 0 Å². The zero-order chi connectivity index (χ0) is 12.0. The van der Waals surface area contributed by atoms with Crippen molar-refractivity contribution in [1.82, 2.24) is 0 Å². The summed E-state index contributed by atoms with van der Waals surface area (Å²) in [6, 6.07) is 7.29. The van der Waals surface area contributed by atoms with Crippen molar-refractivity contribution in [2.75, 3.05) is 11.9 Å². The fourth-order valence-electron chi connectivity index (χ4n) is 1.49. The van der Waals surface area contributed by atoms with Gasteiger partial charge in [0, 0.05) is 17.8 Å². The Labute approximate surface area is 96.5 Å². The Kier molecular flexibility index (Phi) is 4.99. The Bertz CT molecular complexity index is 332. The second-order valence-electron chi connectivity index (χ2n) is 3.96. The summed E-state index contributed by atoms with van der Waals surface area (Å²) >= 11 is 0. The zero-order valence-corrected chi connectivity index (χ0v) is 9.86. The number of aliphatic hydroxyl groups excluding tert-OH is 1. The van der Waals surface area contributed by atoms with Crippen LogP contribution in [0.1, 0.15) is 37.0 Å². The van der Waals surface area contributed by atoms with E-state index < -0.39 is 0 Å². The van der Waals surface area contributed by atoms with Gasteiger partial charge in [0.2, 0.25) is 0 Å². The van der Waals surface area contributed by atoms with E-state index in [9.17, 15) is 9.90 Å². The van der Waals surface area contributed by atoms with E-state index in [4.69, 9.17) is 0 Å². The molecular formula is C13H19NO2. The minimum atomic E-state index is -0.308. The van der Waals surface area contributed by atoms with Crippen molar-refractivity contribution in [3.05, 3.63) is 29.8 Å². The highest BCUT2D eigenvalue weighted by molar-refractivity contribution is 5.94. The Morgan fingerprint density at radius 1 is 1.38 bits per heavy atom. The Balaban J connectivity index is 2.46. The molecule has 0 aliphatic heterocycles. The van der Waals surface area contributed by atoms with Gasteiger partial charge in [0.25, 0.3) is 0 Å². The molecule has 0 heterocycles. The maximum absolute atomic E-state index is 11.0. The SMILES string of the molecule is CCCC(O)CNc1ccc(C(C)=O)cc1. The van der Waals surface area contributed by atoms with E-state index in [1.54, 1.807) is 19.1 Å². The number of carbonyl (C=O) groups excluding carboxylic acids is 1. The molecule has 0 aliphatic carbocycles. The summed E-state index contributed by atoms with van der Waals surface area (Å²) in [5.74, 6) is 0.0672. The molecule has 0 fully saturated rings. The van der Waals surface area contributed by atoms with Gasteiger partial charge in [0.1, 0.15) is 0 Å². The van der Waals surface area contributed by atoms with Crippen LogP contribution in [0.2, 0.25) is 0 Å². The van der Waals surface area contributed by atoms with Crippen LogP contribution in [0.15, 0.2) is 24.3 Å². The van der Waals surface area contributed by atoms with Crippen molar-refractivity contribution in [3.63, 3.8) is 0 Å². The predicted molar refractivity (Wildman–Crippen MR) is 65.9 cm³/mol. The Hall–Kier alpha value is -1.35. The molecule has 0 aliphatic rings. The van der Waals surface area contributed by atoms with Gasteiger partial charge in [-0.2, -0.15) is 0 Å². The number of aliphatic hydroxyl groups is 1. The molecule has 0 saturated carbocycles. The van der Waals surface area contributed by atoms with Crippen LogP contribution >= 0.6 is 0 Å². The first-order valence-electron chi connectivity index (χ1n) is 5.66. The highest BCUT2D eigenvalue weighted by atomic mass is 16.3. The molecule has 3 heteroatoms. The van der Waals surface area contributed by atoms with Crippen LogP contribution in [0.3, 0.4) is 0 Å². The molecule has 3 nitrogen and oxygen atoms in total. The zero-order valence-electron chi connectivity index (χ0n) is 9.86. The average molecular weight is 221 g/mol. The molecule has 2 N–H and O–H groups in total. The summed E-state index contributed by atoms with van der Waals surface area (Å²) < 4.78 is 0. The van der Waals surface area contributed by atoms with Gasteiger partial charge in [0.05, 0.1) is 6.10 Å². The Morgan fingerprint density at radius 3 is 2.50 bits per heavy atom.